The fraction of sp³-hybridized carbons (Fsp3) is 0.962. The van der Waals surface area contributed by atoms with Crippen LogP contribution < -0.4 is 34.9 Å². The Morgan fingerprint density at radius 2 is 1.89 bits per heavy atom. The van der Waals surface area contributed by atoms with Crippen LogP contribution in [0.3, 0.4) is 0 Å². The molecule has 0 unspecified atom stereocenters. The van der Waals surface area contributed by atoms with Crippen molar-refractivity contribution in [1.82, 2.24) is 5.32 Å². The molecule has 0 aromatic heterocycles. The Morgan fingerprint density at radius 3 is 2.57 bits per heavy atom. The van der Waals surface area contributed by atoms with E-state index in [0.717, 1.165) is 12.8 Å². The van der Waals surface area contributed by atoms with Crippen LogP contribution >= 0.6 is 0 Å². The van der Waals surface area contributed by atoms with Crippen LogP contribution in [0.25, 0.3) is 0 Å². The van der Waals surface area contributed by atoms with E-state index < -0.39 is 69.9 Å². The summed E-state index contributed by atoms with van der Waals surface area (Å²) in [5.41, 5.74) is -1.90. The Kier molecular flexibility index (Phi) is 7.08. The summed E-state index contributed by atoms with van der Waals surface area (Å²) in [4.78, 5) is 12.3. The molecule has 4 aliphatic rings. The number of carbonyl (C=O) groups excluding carboxylic acids is 1. The van der Waals surface area contributed by atoms with Crippen molar-refractivity contribution >= 4 is 16.0 Å². The van der Waals surface area contributed by atoms with Gasteiger partial charge in [0.25, 0.3) is 0 Å². The zero-order chi connectivity index (χ0) is 30.3. The van der Waals surface area contributed by atoms with E-state index in [1.54, 1.807) is 6.92 Å². The number of rotatable bonds is 7. The van der Waals surface area contributed by atoms with Gasteiger partial charge >= 0.3 is 29.6 Å². The molecule has 0 saturated heterocycles. The molecular weight excluding hydrogens is 477 g/mol. The quantitative estimate of drug-likeness (QED) is 0.317. The van der Waals surface area contributed by atoms with Gasteiger partial charge in [0.1, 0.15) is 0 Å². The van der Waals surface area contributed by atoms with Gasteiger partial charge in [0, 0.05) is 21.2 Å². The van der Waals surface area contributed by atoms with E-state index in [4.69, 9.17) is 5.48 Å². The number of fused-ring (bicyclic) bond motifs is 5. The van der Waals surface area contributed by atoms with Crippen LogP contribution in [-0.2, 0) is 14.9 Å². The van der Waals surface area contributed by atoms with Crippen LogP contribution in [0.2, 0.25) is 0 Å². The van der Waals surface area contributed by atoms with Gasteiger partial charge in [-0.1, -0.05) is 20.8 Å². The van der Waals surface area contributed by atoms with Gasteiger partial charge in [0.15, 0.2) is 0 Å². The Morgan fingerprint density at radius 1 is 1.17 bits per heavy atom. The predicted molar refractivity (Wildman–Crippen MR) is 129 cm³/mol. The van der Waals surface area contributed by atoms with Crippen LogP contribution in [0.15, 0.2) is 0 Å². The second-order valence-electron chi connectivity index (χ2n) is 11.6. The molecule has 4 saturated carbocycles. The van der Waals surface area contributed by atoms with E-state index in [0.29, 0.717) is 19.3 Å². The number of hydrogen-bond acceptors (Lipinski definition) is 6. The molecular formula is C26H44NNaO6S. The van der Waals surface area contributed by atoms with Gasteiger partial charge < -0.3 is 20.1 Å². The van der Waals surface area contributed by atoms with Gasteiger partial charge in [0.2, 0.25) is 5.91 Å². The summed E-state index contributed by atoms with van der Waals surface area (Å²) >= 11 is 0. The Bertz CT molecular complexity index is 1110. The van der Waals surface area contributed by atoms with Gasteiger partial charge in [-0.3, -0.25) is 4.79 Å². The first kappa shape index (κ1) is 22.2. The zero-order valence-electron chi connectivity index (χ0n) is 27.4. The standard InChI is InChI=1S/C26H45NO6S.Na/c1-16(4-9-24(30)27-12-13-34(31,32)33)20-7-8-21-19-6-5-17-14-18(28)10-11-25(17,2)22(19)15-23(29)26(20,21)3;/h16-23,28-29H,4-15H2,1-3H3,(H,27,30)(H,31,32,33);/q;+1/p-1/t16-,17-,18-,19+,20-,21+,22+,23+,25+,26-;/m1./s1/i10D2,14D2,15D2;. The summed E-state index contributed by atoms with van der Waals surface area (Å²) in [6.45, 7) is 5.42. The molecule has 0 radical (unpaired) electrons. The summed E-state index contributed by atoms with van der Waals surface area (Å²) in [6.07, 6.45) is -6.96. The number of aliphatic hydroxyl groups is 2. The fourth-order valence-corrected chi connectivity index (χ4v) is 8.28. The van der Waals surface area contributed by atoms with E-state index in [9.17, 15) is 30.7 Å². The summed E-state index contributed by atoms with van der Waals surface area (Å²) in [6, 6.07) is 0. The largest absolute Gasteiger partial charge is 1.00 e. The SMILES string of the molecule is [2H]C1([2H])C[C@@]2(C)[C@H](CC[C@@H]3[C@@H]2C([2H])([2H])[C@H](O)[C@]2(C)[C@@H]([C@H](C)CCC(=O)NCCS(=O)(=O)[O-])CC[C@@H]32)C([2H])([2H])[C@@H]1O.[Na+]. The van der Waals surface area contributed by atoms with Crippen LogP contribution in [0.4, 0.5) is 0 Å². The number of amides is 1. The third kappa shape index (κ3) is 5.84. The van der Waals surface area contributed by atoms with Crippen molar-refractivity contribution in [3.8, 4) is 0 Å². The Hall–Kier alpha value is 0.300. The Balaban J connectivity index is 0.00000462. The average molecular weight is 528 g/mol. The third-order valence-electron chi connectivity index (χ3n) is 9.78. The summed E-state index contributed by atoms with van der Waals surface area (Å²) in [7, 11) is -4.42. The van der Waals surface area contributed by atoms with Gasteiger partial charge in [-0.05, 0) is 104 Å². The molecule has 9 heteroatoms. The molecule has 4 rings (SSSR count). The third-order valence-corrected chi connectivity index (χ3v) is 10.5. The first-order valence-corrected chi connectivity index (χ1v) is 14.3. The monoisotopic (exact) mass is 527 g/mol. The smallest absolute Gasteiger partial charge is 0.748 e. The summed E-state index contributed by atoms with van der Waals surface area (Å²) in [5, 5.41) is 24.9. The molecule has 0 aliphatic heterocycles. The van der Waals surface area contributed by atoms with Gasteiger partial charge in [0.05, 0.1) is 28.1 Å². The first-order valence-electron chi connectivity index (χ1n) is 15.7. The number of hydrogen-bond donors (Lipinski definition) is 3. The number of nitrogens with one attached hydrogen (secondary N) is 1. The van der Waals surface area contributed by atoms with Crippen molar-refractivity contribution in [1.29, 1.82) is 0 Å². The maximum absolute atomic E-state index is 12.3. The number of carbonyl (C=O) groups is 1. The molecule has 0 aromatic rings. The minimum Gasteiger partial charge on any atom is -0.748 e. The van der Waals surface area contributed by atoms with E-state index >= 15 is 0 Å². The maximum atomic E-state index is 12.3. The van der Waals surface area contributed by atoms with Crippen molar-refractivity contribution in [3.63, 3.8) is 0 Å². The molecule has 7 nitrogen and oxygen atoms in total. The van der Waals surface area contributed by atoms with Crippen molar-refractivity contribution in [2.75, 3.05) is 12.3 Å². The molecule has 0 spiro atoms. The second-order valence-corrected chi connectivity index (χ2v) is 13.1. The predicted octanol–water partition coefficient (Wildman–Crippen LogP) is 0.0587. The second kappa shape index (κ2) is 11.2. The van der Waals surface area contributed by atoms with Gasteiger partial charge in [-0.25, -0.2) is 8.42 Å². The van der Waals surface area contributed by atoms with E-state index in [1.807, 2.05) is 13.8 Å². The van der Waals surface area contributed by atoms with E-state index in [2.05, 4.69) is 5.32 Å². The fourth-order valence-electron chi connectivity index (χ4n) is 7.93. The van der Waals surface area contributed by atoms with E-state index in [1.165, 1.54) is 0 Å². The topological polar surface area (TPSA) is 127 Å². The van der Waals surface area contributed by atoms with Crippen molar-refractivity contribution < 1.29 is 65.8 Å². The summed E-state index contributed by atoms with van der Waals surface area (Å²) < 4.78 is 85.1. The minimum atomic E-state index is -4.42. The minimum absolute atomic E-state index is 0. The van der Waals surface area contributed by atoms with E-state index in [-0.39, 0.29) is 78.5 Å². The van der Waals surface area contributed by atoms with Crippen LogP contribution in [0, 0.1) is 46.3 Å². The van der Waals surface area contributed by atoms with Gasteiger partial charge in [-0.15, -0.1) is 0 Å². The molecule has 0 aromatic carbocycles. The molecule has 1 amide bonds. The van der Waals surface area contributed by atoms with Crippen LogP contribution in [0.1, 0.15) is 93.1 Å². The molecule has 4 aliphatic carbocycles. The van der Waals surface area contributed by atoms with Crippen molar-refractivity contribution in [2.45, 2.75) is 97.0 Å². The molecule has 35 heavy (non-hydrogen) atoms. The number of aliphatic hydroxyl groups excluding tert-OH is 2. The maximum Gasteiger partial charge on any atom is 1.00 e. The molecule has 0 bridgehead atoms. The molecule has 10 atom stereocenters. The molecule has 3 N–H and O–H groups in total. The molecule has 196 valence electrons. The average Bonchev–Trinajstić information content (AvgIpc) is 3.16. The zero-order valence-corrected chi connectivity index (χ0v) is 24.2. The van der Waals surface area contributed by atoms with Crippen molar-refractivity contribution in [3.05, 3.63) is 0 Å². The Labute approximate surface area is 242 Å². The first-order chi connectivity index (χ1) is 18.1. The normalized spacial score (nSPS) is 50.6. The van der Waals surface area contributed by atoms with Crippen LogP contribution in [-0.4, -0.2) is 53.6 Å². The van der Waals surface area contributed by atoms with Crippen LogP contribution in [0.5, 0.6) is 0 Å². The molecule has 4 fully saturated rings. The summed E-state index contributed by atoms with van der Waals surface area (Å²) in [5.74, 6) is -2.94. The van der Waals surface area contributed by atoms with Crippen molar-refractivity contribution in [2.24, 2.45) is 46.3 Å². The molecule has 0 heterocycles. The van der Waals surface area contributed by atoms with Gasteiger partial charge in [-0.2, -0.15) is 0 Å².